The standard InChI is InChI=1S/C6H9N3O/c1-10-3-2-6-8-4-7-5-9-6/h4-5H,2-3H2,1H3. The topological polar surface area (TPSA) is 47.9 Å². The molecule has 0 saturated heterocycles. The van der Waals surface area contributed by atoms with Gasteiger partial charge in [-0.3, -0.25) is 0 Å². The van der Waals surface area contributed by atoms with Gasteiger partial charge in [-0.15, -0.1) is 0 Å². The summed E-state index contributed by atoms with van der Waals surface area (Å²) in [6.45, 7) is 0.657. The first-order chi connectivity index (χ1) is 4.93. The van der Waals surface area contributed by atoms with Gasteiger partial charge in [0, 0.05) is 13.5 Å². The number of ether oxygens (including phenoxy) is 1. The van der Waals surface area contributed by atoms with Crippen LogP contribution in [0.3, 0.4) is 0 Å². The summed E-state index contributed by atoms with van der Waals surface area (Å²) < 4.78 is 4.85. The molecule has 0 radical (unpaired) electrons. The third-order valence-corrected chi connectivity index (χ3v) is 1.08. The third-order valence-electron chi connectivity index (χ3n) is 1.08. The quantitative estimate of drug-likeness (QED) is 0.594. The van der Waals surface area contributed by atoms with Crippen molar-refractivity contribution in [2.24, 2.45) is 0 Å². The van der Waals surface area contributed by atoms with Crippen LogP contribution in [0.4, 0.5) is 0 Å². The first-order valence-electron chi connectivity index (χ1n) is 3.03. The first kappa shape index (κ1) is 7.08. The summed E-state index contributed by atoms with van der Waals surface area (Å²) in [6, 6.07) is 0. The zero-order valence-corrected chi connectivity index (χ0v) is 5.82. The fraction of sp³-hybridized carbons (Fsp3) is 0.500. The normalized spacial score (nSPS) is 9.70. The monoisotopic (exact) mass is 139 g/mol. The molecular weight excluding hydrogens is 130 g/mol. The number of hydrogen-bond acceptors (Lipinski definition) is 4. The maximum absolute atomic E-state index is 4.85. The van der Waals surface area contributed by atoms with Crippen LogP contribution in [-0.4, -0.2) is 28.7 Å². The summed E-state index contributed by atoms with van der Waals surface area (Å²) in [7, 11) is 1.65. The van der Waals surface area contributed by atoms with Crippen LogP contribution in [0.2, 0.25) is 0 Å². The lowest BCUT2D eigenvalue weighted by Crippen LogP contribution is -1.99. The Kier molecular flexibility index (Phi) is 2.76. The van der Waals surface area contributed by atoms with Gasteiger partial charge in [-0.2, -0.15) is 0 Å². The molecule has 0 amide bonds. The number of rotatable bonds is 3. The van der Waals surface area contributed by atoms with Crippen molar-refractivity contribution in [1.82, 2.24) is 15.0 Å². The first-order valence-corrected chi connectivity index (χ1v) is 3.03. The lowest BCUT2D eigenvalue weighted by Gasteiger charge is -1.94. The van der Waals surface area contributed by atoms with E-state index in [1.807, 2.05) is 0 Å². The van der Waals surface area contributed by atoms with E-state index in [9.17, 15) is 0 Å². The molecule has 0 bridgehead atoms. The van der Waals surface area contributed by atoms with E-state index in [0.717, 1.165) is 12.2 Å². The Labute approximate surface area is 59.3 Å². The highest BCUT2D eigenvalue weighted by Crippen LogP contribution is 1.86. The smallest absolute Gasteiger partial charge is 0.134 e. The number of aromatic nitrogens is 3. The van der Waals surface area contributed by atoms with E-state index in [-0.39, 0.29) is 0 Å². The summed E-state index contributed by atoms with van der Waals surface area (Å²) in [5.41, 5.74) is 0. The molecule has 0 saturated carbocycles. The van der Waals surface area contributed by atoms with Crippen LogP contribution in [-0.2, 0) is 11.2 Å². The van der Waals surface area contributed by atoms with E-state index in [1.54, 1.807) is 7.11 Å². The second kappa shape index (κ2) is 3.90. The predicted molar refractivity (Wildman–Crippen MR) is 35.4 cm³/mol. The molecule has 0 aliphatic carbocycles. The molecule has 0 aliphatic rings. The molecule has 0 fully saturated rings. The summed E-state index contributed by atoms with van der Waals surface area (Å²) >= 11 is 0. The van der Waals surface area contributed by atoms with Crippen LogP contribution in [0, 0.1) is 0 Å². The van der Waals surface area contributed by atoms with Gasteiger partial charge in [0.25, 0.3) is 0 Å². The van der Waals surface area contributed by atoms with Gasteiger partial charge in [0.2, 0.25) is 0 Å². The van der Waals surface area contributed by atoms with Gasteiger partial charge in [-0.05, 0) is 0 Å². The van der Waals surface area contributed by atoms with Crippen molar-refractivity contribution < 1.29 is 4.74 Å². The molecule has 1 aromatic heterocycles. The van der Waals surface area contributed by atoms with Gasteiger partial charge in [0.15, 0.2) is 0 Å². The lowest BCUT2D eigenvalue weighted by atomic mass is 10.4. The minimum atomic E-state index is 0.657. The molecule has 54 valence electrons. The average Bonchev–Trinajstić information content (AvgIpc) is 2.03. The molecular formula is C6H9N3O. The van der Waals surface area contributed by atoms with E-state index in [4.69, 9.17) is 4.74 Å². The molecule has 0 aliphatic heterocycles. The maximum Gasteiger partial charge on any atom is 0.134 e. The molecule has 1 rings (SSSR count). The number of hydrogen-bond donors (Lipinski definition) is 0. The lowest BCUT2D eigenvalue weighted by molar-refractivity contribution is 0.200. The van der Waals surface area contributed by atoms with Gasteiger partial charge in [-0.1, -0.05) is 0 Å². The summed E-state index contributed by atoms with van der Waals surface area (Å²) in [5, 5.41) is 0. The Morgan fingerprint density at radius 3 is 2.70 bits per heavy atom. The van der Waals surface area contributed by atoms with Crippen molar-refractivity contribution in [3.8, 4) is 0 Å². The van der Waals surface area contributed by atoms with Crippen molar-refractivity contribution in [3.05, 3.63) is 18.5 Å². The summed E-state index contributed by atoms with van der Waals surface area (Å²) in [6.07, 6.45) is 3.72. The highest BCUT2D eigenvalue weighted by Gasteiger charge is 1.91. The van der Waals surface area contributed by atoms with Crippen LogP contribution < -0.4 is 0 Å². The molecule has 0 aromatic carbocycles. The zero-order valence-electron chi connectivity index (χ0n) is 5.82. The highest BCUT2D eigenvalue weighted by molar-refractivity contribution is 4.80. The SMILES string of the molecule is COCCc1ncncn1. The van der Waals surface area contributed by atoms with Crippen LogP contribution >= 0.6 is 0 Å². The van der Waals surface area contributed by atoms with Gasteiger partial charge in [0.1, 0.15) is 18.5 Å². The molecule has 0 unspecified atom stereocenters. The molecule has 4 nitrogen and oxygen atoms in total. The van der Waals surface area contributed by atoms with Crippen molar-refractivity contribution in [2.45, 2.75) is 6.42 Å². The van der Waals surface area contributed by atoms with Crippen molar-refractivity contribution in [1.29, 1.82) is 0 Å². The molecule has 0 N–H and O–H groups in total. The molecule has 4 heteroatoms. The van der Waals surface area contributed by atoms with Crippen molar-refractivity contribution in [2.75, 3.05) is 13.7 Å². The van der Waals surface area contributed by atoms with E-state index in [2.05, 4.69) is 15.0 Å². The van der Waals surface area contributed by atoms with Crippen LogP contribution in [0.25, 0.3) is 0 Å². The highest BCUT2D eigenvalue weighted by atomic mass is 16.5. The molecule has 1 heterocycles. The molecule has 10 heavy (non-hydrogen) atoms. The fourth-order valence-electron chi connectivity index (χ4n) is 0.586. The average molecular weight is 139 g/mol. The maximum atomic E-state index is 4.85. The van der Waals surface area contributed by atoms with Gasteiger partial charge < -0.3 is 4.74 Å². The van der Waals surface area contributed by atoms with E-state index >= 15 is 0 Å². The van der Waals surface area contributed by atoms with Crippen LogP contribution in [0.15, 0.2) is 12.7 Å². The van der Waals surface area contributed by atoms with E-state index in [0.29, 0.717) is 6.61 Å². The Morgan fingerprint density at radius 1 is 1.40 bits per heavy atom. The van der Waals surface area contributed by atoms with Gasteiger partial charge in [0.05, 0.1) is 6.61 Å². The minimum Gasteiger partial charge on any atom is -0.384 e. The molecule has 0 atom stereocenters. The number of nitrogens with zero attached hydrogens (tertiary/aromatic N) is 3. The van der Waals surface area contributed by atoms with Crippen LogP contribution in [0.1, 0.15) is 5.82 Å². The predicted octanol–water partition coefficient (Wildman–Crippen LogP) is 0.0605. The minimum absolute atomic E-state index is 0.657. The van der Waals surface area contributed by atoms with Gasteiger partial charge >= 0.3 is 0 Å². The summed E-state index contributed by atoms with van der Waals surface area (Å²) in [5.74, 6) is 0.775. The van der Waals surface area contributed by atoms with Crippen molar-refractivity contribution >= 4 is 0 Å². The molecule has 0 spiro atoms. The molecule has 1 aromatic rings. The fourth-order valence-corrected chi connectivity index (χ4v) is 0.586. The largest absolute Gasteiger partial charge is 0.384 e. The zero-order chi connectivity index (χ0) is 7.23. The third kappa shape index (κ3) is 2.06. The second-order valence-electron chi connectivity index (χ2n) is 1.80. The van der Waals surface area contributed by atoms with Crippen LogP contribution in [0.5, 0.6) is 0 Å². The van der Waals surface area contributed by atoms with E-state index in [1.165, 1.54) is 12.7 Å². The Hall–Kier alpha value is -1.03. The summed E-state index contributed by atoms with van der Waals surface area (Å²) in [4.78, 5) is 11.5. The van der Waals surface area contributed by atoms with Crippen molar-refractivity contribution in [3.63, 3.8) is 0 Å². The van der Waals surface area contributed by atoms with E-state index < -0.39 is 0 Å². The number of methoxy groups -OCH3 is 1. The Balaban J connectivity index is 2.43. The second-order valence-corrected chi connectivity index (χ2v) is 1.80. The van der Waals surface area contributed by atoms with Gasteiger partial charge in [-0.25, -0.2) is 15.0 Å². The Bertz CT molecular complexity index is 178. The Morgan fingerprint density at radius 2 is 2.10 bits per heavy atom.